The Bertz CT molecular complexity index is 631. The van der Waals surface area contributed by atoms with Gasteiger partial charge in [0.1, 0.15) is 12.9 Å². The van der Waals surface area contributed by atoms with Gasteiger partial charge in [-0.1, -0.05) is 6.07 Å². The zero-order valence-electron chi connectivity index (χ0n) is 11.4. The molecule has 0 aliphatic rings. The van der Waals surface area contributed by atoms with Crippen molar-refractivity contribution < 1.29 is 4.79 Å². The summed E-state index contributed by atoms with van der Waals surface area (Å²) in [5, 5.41) is 12.6. The second-order valence-electron chi connectivity index (χ2n) is 4.39. The van der Waals surface area contributed by atoms with E-state index in [0.717, 1.165) is 5.56 Å². The normalized spacial score (nSPS) is 10.0. The van der Waals surface area contributed by atoms with E-state index < -0.39 is 0 Å². The maximum atomic E-state index is 12.3. The van der Waals surface area contributed by atoms with Crippen LogP contribution < -0.4 is 5.73 Å². The highest BCUT2D eigenvalue weighted by atomic mass is 16.2. The van der Waals surface area contributed by atoms with Crippen molar-refractivity contribution in [3.63, 3.8) is 0 Å². The Morgan fingerprint density at radius 3 is 3.00 bits per heavy atom. The molecule has 108 valence electrons. The van der Waals surface area contributed by atoms with E-state index in [4.69, 9.17) is 11.0 Å². The van der Waals surface area contributed by atoms with Crippen LogP contribution in [0.3, 0.4) is 0 Å². The first kappa shape index (κ1) is 14.5. The fourth-order valence-electron chi connectivity index (χ4n) is 1.81. The lowest BCUT2D eigenvalue weighted by Crippen LogP contribution is -2.34. The number of carbonyl (C=O) groups is 1. The molecule has 0 saturated carbocycles. The van der Waals surface area contributed by atoms with E-state index in [2.05, 4.69) is 15.1 Å². The highest BCUT2D eigenvalue weighted by molar-refractivity contribution is 5.75. The summed E-state index contributed by atoms with van der Waals surface area (Å²) in [6.45, 7) is 0.794. The first-order valence-electron chi connectivity index (χ1n) is 6.37. The summed E-state index contributed by atoms with van der Waals surface area (Å²) in [6, 6.07) is 5.73. The third-order valence-corrected chi connectivity index (χ3v) is 2.79. The molecule has 2 N–H and O–H groups in total. The molecule has 2 rings (SSSR count). The molecule has 0 aliphatic carbocycles. The molecular formula is C13H15N7O. The minimum atomic E-state index is -0.154. The molecule has 0 radical (unpaired) electrons. The summed E-state index contributed by atoms with van der Waals surface area (Å²) in [4.78, 5) is 21.7. The average Bonchev–Trinajstić information content (AvgIpc) is 2.89. The van der Waals surface area contributed by atoms with Crippen molar-refractivity contribution in [1.29, 1.82) is 5.26 Å². The van der Waals surface area contributed by atoms with Crippen LogP contribution in [-0.4, -0.2) is 37.1 Å². The van der Waals surface area contributed by atoms with Gasteiger partial charge in [-0.3, -0.25) is 9.78 Å². The van der Waals surface area contributed by atoms with Crippen LogP contribution in [-0.2, 0) is 17.9 Å². The Labute approximate surface area is 121 Å². The fraction of sp³-hybridized carbons (Fsp3) is 0.308. The maximum Gasteiger partial charge on any atom is 0.244 e. The van der Waals surface area contributed by atoms with Crippen molar-refractivity contribution in [3.8, 4) is 6.07 Å². The van der Waals surface area contributed by atoms with Gasteiger partial charge < -0.3 is 10.6 Å². The Kier molecular flexibility index (Phi) is 4.82. The number of hydrogen-bond donors (Lipinski definition) is 1. The van der Waals surface area contributed by atoms with Crippen LogP contribution in [0.15, 0.2) is 30.9 Å². The minimum Gasteiger partial charge on any atom is -0.367 e. The van der Waals surface area contributed by atoms with E-state index in [-0.39, 0.29) is 24.8 Å². The molecule has 8 heteroatoms. The first-order valence-corrected chi connectivity index (χ1v) is 6.37. The molecule has 0 fully saturated rings. The van der Waals surface area contributed by atoms with Gasteiger partial charge in [-0.05, 0) is 11.6 Å². The van der Waals surface area contributed by atoms with Gasteiger partial charge >= 0.3 is 0 Å². The third-order valence-electron chi connectivity index (χ3n) is 2.79. The third kappa shape index (κ3) is 4.28. The second kappa shape index (κ2) is 7.00. The quantitative estimate of drug-likeness (QED) is 0.810. The summed E-state index contributed by atoms with van der Waals surface area (Å²) in [5.41, 5.74) is 6.32. The van der Waals surface area contributed by atoms with Gasteiger partial charge in [-0.15, -0.1) is 5.10 Å². The van der Waals surface area contributed by atoms with Gasteiger partial charge in [0.25, 0.3) is 0 Å². The number of pyridine rings is 1. The van der Waals surface area contributed by atoms with Crippen LogP contribution in [0.4, 0.5) is 5.95 Å². The monoisotopic (exact) mass is 285 g/mol. The zero-order valence-corrected chi connectivity index (χ0v) is 11.4. The molecule has 0 saturated heterocycles. The minimum absolute atomic E-state index is 0.0376. The van der Waals surface area contributed by atoms with Crippen molar-refractivity contribution in [1.82, 2.24) is 24.6 Å². The number of hydrogen-bond acceptors (Lipinski definition) is 6. The summed E-state index contributed by atoms with van der Waals surface area (Å²) in [6.07, 6.45) is 5.04. The molecule has 21 heavy (non-hydrogen) atoms. The van der Waals surface area contributed by atoms with E-state index in [1.165, 1.54) is 11.0 Å². The van der Waals surface area contributed by atoms with E-state index in [1.54, 1.807) is 23.4 Å². The Morgan fingerprint density at radius 1 is 1.52 bits per heavy atom. The van der Waals surface area contributed by atoms with E-state index in [1.807, 2.05) is 12.1 Å². The van der Waals surface area contributed by atoms with Crippen LogP contribution in [0, 0.1) is 11.3 Å². The molecule has 0 atom stereocenters. The molecule has 1 amide bonds. The van der Waals surface area contributed by atoms with Gasteiger partial charge in [0.2, 0.25) is 11.9 Å². The zero-order chi connectivity index (χ0) is 15.1. The molecule has 0 bridgehead atoms. The van der Waals surface area contributed by atoms with Crippen LogP contribution in [0.2, 0.25) is 0 Å². The smallest absolute Gasteiger partial charge is 0.244 e. The highest BCUT2D eigenvalue weighted by Crippen LogP contribution is 2.05. The number of nitrogen functional groups attached to an aromatic ring is 1. The maximum absolute atomic E-state index is 12.3. The van der Waals surface area contributed by atoms with E-state index in [0.29, 0.717) is 13.1 Å². The molecule has 0 spiro atoms. The van der Waals surface area contributed by atoms with Gasteiger partial charge in [0.15, 0.2) is 0 Å². The number of amides is 1. The lowest BCUT2D eigenvalue weighted by atomic mass is 10.2. The predicted molar refractivity (Wildman–Crippen MR) is 74.3 cm³/mol. The van der Waals surface area contributed by atoms with Gasteiger partial charge in [-0.25, -0.2) is 9.67 Å². The lowest BCUT2D eigenvalue weighted by molar-refractivity contribution is -0.132. The summed E-state index contributed by atoms with van der Waals surface area (Å²) >= 11 is 0. The Morgan fingerprint density at radius 2 is 2.38 bits per heavy atom. The number of nitrogens with two attached hydrogens (primary N) is 1. The molecule has 2 aromatic heterocycles. The topological polar surface area (TPSA) is 114 Å². The molecule has 0 unspecified atom stereocenters. The standard InChI is InChI=1S/C13H15N7O/c14-4-2-6-19(8-11-3-1-5-16-7-11)12(21)9-20-10-17-13(15)18-20/h1,3,5,7,10H,2,6,8-9H2,(H2,15,18). The van der Waals surface area contributed by atoms with Crippen molar-refractivity contribution in [2.75, 3.05) is 12.3 Å². The molecule has 0 aromatic carbocycles. The van der Waals surface area contributed by atoms with Gasteiger partial charge in [0, 0.05) is 25.5 Å². The molecular weight excluding hydrogens is 270 g/mol. The summed E-state index contributed by atoms with van der Waals surface area (Å²) in [7, 11) is 0. The Balaban J connectivity index is 2.04. The van der Waals surface area contributed by atoms with E-state index in [9.17, 15) is 4.79 Å². The van der Waals surface area contributed by atoms with Crippen molar-refractivity contribution >= 4 is 11.9 Å². The van der Waals surface area contributed by atoms with E-state index >= 15 is 0 Å². The van der Waals surface area contributed by atoms with Gasteiger partial charge in [-0.2, -0.15) is 5.26 Å². The van der Waals surface area contributed by atoms with Gasteiger partial charge in [0.05, 0.1) is 12.5 Å². The SMILES string of the molecule is N#CCCN(Cc1cccnc1)C(=O)Cn1cnc(N)n1. The lowest BCUT2D eigenvalue weighted by Gasteiger charge is -2.21. The number of anilines is 1. The van der Waals surface area contributed by atoms with Crippen LogP contribution in [0.1, 0.15) is 12.0 Å². The summed E-state index contributed by atoms with van der Waals surface area (Å²) < 4.78 is 1.38. The summed E-state index contributed by atoms with van der Waals surface area (Å²) in [5.74, 6) is -0.0300. The largest absolute Gasteiger partial charge is 0.367 e. The molecule has 2 heterocycles. The number of carbonyl (C=O) groups excluding carboxylic acids is 1. The fourth-order valence-corrected chi connectivity index (χ4v) is 1.81. The van der Waals surface area contributed by atoms with Crippen LogP contribution >= 0.6 is 0 Å². The number of rotatable bonds is 6. The molecule has 2 aromatic rings. The van der Waals surface area contributed by atoms with Crippen molar-refractivity contribution in [2.45, 2.75) is 19.5 Å². The predicted octanol–water partition coefficient (Wildman–Crippen LogP) is 0.198. The van der Waals surface area contributed by atoms with Crippen LogP contribution in [0.5, 0.6) is 0 Å². The van der Waals surface area contributed by atoms with Crippen molar-refractivity contribution in [3.05, 3.63) is 36.4 Å². The average molecular weight is 285 g/mol. The Hall–Kier alpha value is -2.95. The first-order chi connectivity index (χ1) is 10.2. The molecule has 8 nitrogen and oxygen atoms in total. The molecule has 0 aliphatic heterocycles. The second-order valence-corrected chi connectivity index (χ2v) is 4.39. The highest BCUT2D eigenvalue weighted by Gasteiger charge is 2.15. The number of nitrogens with zero attached hydrogens (tertiary/aromatic N) is 6. The van der Waals surface area contributed by atoms with Crippen molar-refractivity contribution in [2.24, 2.45) is 0 Å². The van der Waals surface area contributed by atoms with Crippen LogP contribution in [0.25, 0.3) is 0 Å². The number of aromatic nitrogens is 4. The number of nitriles is 1.